The predicted octanol–water partition coefficient (Wildman–Crippen LogP) is 0.557. The molecule has 1 saturated heterocycles. The highest BCUT2D eigenvalue weighted by molar-refractivity contribution is 5.76. The van der Waals surface area contributed by atoms with E-state index in [9.17, 15) is 4.79 Å². The summed E-state index contributed by atoms with van der Waals surface area (Å²) in [6.45, 7) is 7.37. The molecule has 18 heavy (non-hydrogen) atoms. The van der Waals surface area contributed by atoms with Gasteiger partial charge in [0.25, 0.3) is 0 Å². The van der Waals surface area contributed by atoms with Crippen LogP contribution in [0.2, 0.25) is 0 Å². The smallest absolute Gasteiger partial charge is 0.227 e. The van der Waals surface area contributed by atoms with Gasteiger partial charge < -0.3 is 14.7 Å². The van der Waals surface area contributed by atoms with E-state index in [1.807, 2.05) is 18.7 Å². The van der Waals surface area contributed by atoms with E-state index in [0.29, 0.717) is 24.6 Å². The topological polar surface area (TPSA) is 71.3 Å². The van der Waals surface area contributed by atoms with Crippen LogP contribution >= 0.6 is 0 Å². The van der Waals surface area contributed by atoms with Crippen molar-refractivity contribution in [1.82, 2.24) is 20.4 Å². The van der Waals surface area contributed by atoms with Crippen LogP contribution in [-0.2, 0) is 11.2 Å². The Hall–Kier alpha value is -1.43. The minimum atomic E-state index is 0.167. The molecule has 1 aliphatic heterocycles. The molecule has 0 radical (unpaired) electrons. The number of hydrogen-bond acceptors (Lipinski definition) is 5. The zero-order valence-corrected chi connectivity index (χ0v) is 11.0. The number of piperazine rings is 1. The minimum Gasteiger partial charge on any atom is -0.340 e. The van der Waals surface area contributed by atoms with Gasteiger partial charge in [0.2, 0.25) is 11.8 Å². The van der Waals surface area contributed by atoms with Crippen LogP contribution in [0.5, 0.6) is 0 Å². The second-order valence-electron chi connectivity index (χ2n) is 4.83. The van der Waals surface area contributed by atoms with E-state index in [1.165, 1.54) is 0 Å². The number of aromatic nitrogens is 2. The van der Waals surface area contributed by atoms with Crippen LogP contribution in [0.1, 0.15) is 37.9 Å². The zero-order valence-electron chi connectivity index (χ0n) is 11.0. The molecule has 0 aliphatic carbocycles. The molecule has 0 saturated carbocycles. The number of nitrogens with one attached hydrogen (secondary N) is 1. The molecule has 1 fully saturated rings. The highest BCUT2D eigenvalue weighted by atomic mass is 16.5. The van der Waals surface area contributed by atoms with Gasteiger partial charge in [0.15, 0.2) is 5.82 Å². The van der Waals surface area contributed by atoms with Crippen LogP contribution in [-0.4, -0.2) is 47.1 Å². The van der Waals surface area contributed by atoms with Gasteiger partial charge in [-0.1, -0.05) is 19.0 Å². The van der Waals surface area contributed by atoms with E-state index in [1.54, 1.807) is 0 Å². The summed E-state index contributed by atoms with van der Waals surface area (Å²) in [5.74, 6) is 1.69. The number of hydrogen-bond donors (Lipinski definition) is 1. The molecule has 2 heterocycles. The van der Waals surface area contributed by atoms with Crippen molar-refractivity contribution in [1.29, 1.82) is 0 Å². The number of rotatable bonds is 4. The third-order valence-corrected chi connectivity index (χ3v) is 3.02. The lowest BCUT2D eigenvalue weighted by atomic mass is 10.2. The zero-order chi connectivity index (χ0) is 13.0. The fourth-order valence-electron chi connectivity index (χ4n) is 1.89. The average molecular weight is 252 g/mol. The lowest BCUT2D eigenvalue weighted by Gasteiger charge is -2.27. The van der Waals surface area contributed by atoms with Crippen LogP contribution < -0.4 is 5.32 Å². The summed E-state index contributed by atoms with van der Waals surface area (Å²) in [6.07, 6.45) is 0.974. The largest absolute Gasteiger partial charge is 0.340 e. The van der Waals surface area contributed by atoms with Crippen molar-refractivity contribution in [2.45, 2.75) is 32.6 Å². The summed E-state index contributed by atoms with van der Waals surface area (Å²) in [5, 5.41) is 7.11. The number of carbonyl (C=O) groups is 1. The number of amides is 1. The molecule has 6 heteroatoms. The molecule has 0 bridgehead atoms. The van der Waals surface area contributed by atoms with E-state index >= 15 is 0 Å². The van der Waals surface area contributed by atoms with E-state index in [-0.39, 0.29) is 11.8 Å². The number of nitrogens with zero attached hydrogens (tertiary/aromatic N) is 3. The Labute approximate surface area is 107 Å². The van der Waals surface area contributed by atoms with Gasteiger partial charge in [0.05, 0.1) is 0 Å². The van der Waals surface area contributed by atoms with Gasteiger partial charge in [-0.15, -0.1) is 0 Å². The molecule has 0 aromatic carbocycles. The lowest BCUT2D eigenvalue weighted by molar-refractivity contribution is -0.131. The fourth-order valence-corrected chi connectivity index (χ4v) is 1.89. The first-order valence-electron chi connectivity index (χ1n) is 6.48. The second-order valence-corrected chi connectivity index (χ2v) is 4.83. The molecule has 0 unspecified atom stereocenters. The molecular formula is C12H20N4O2. The Bertz CT molecular complexity index is 397. The quantitative estimate of drug-likeness (QED) is 0.847. The van der Waals surface area contributed by atoms with Gasteiger partial charge in [-0.3, -0.25) is 4.79 Å². The van der Waals surface area contributed by atoms with Gasteiger partial charge in [-0.05, 0) is 0 Å². The second kappa shape index (κ2) is 5.95. The Morgan fingerprint density at radius 2 is 2.17 bits per heavy atom. The van der Waals surface area contributed by atoms with Crippen molar-refractivity contribution < 1.29 is 9.32 Å². The van der Waals surface area contributed by atoms with Crippen molar-refractivity contribution in [3.05, 3.63) is 11.7 Å². The molecule has 1 amide bonds. The van der Waals surface area contributed by atoms with Crippen LogP contribution in [0, 0.1) is 0 Å². The van der Waals surface area contributed by atoms with Crippen molar-refractivity contribution in [3.8, 4) is 0 Å². The van der Waals surface area contributed by atoms with Crippen LogP contribution in [0.3, 0.4) is 0 Å². The normalized spacial score (nSPS) is 16.3. The average Bonchev–Trinajstić information content (AvgIpc) is 2.86. The summed E-state index contributed by atoms with van der Waals surface area (Å²) in [4.78, 5) is 18.1. The Morgan fingerprint density at radius 3 is 2.78 bits per heavy atom. The first-order valence-corrected chi connectivity index (χ1v) is 6.48. The van der Waals surface area contributed by atoms with Gasteiger partial charge in [-0.25, -0.2) is 0 Å². The molecule has 0 spiro atoms. The highest BCUT2D eigenvalue weighted by Crippen LogP contribution is 2.11. The van der Waals surface area contributed by atoms with Crippen molar-refractivity contribution in [2.75, 3.05) is 26.2 Å². The minimum absolute atomic E-state index is 0.167. The molecule has 0 atom stereocenters. The maximum Gasteiger partial charge on any atom is 0.227 e. The van der Waals surface area contributed by atoms with Gasteiger partial charge in [-0.2, -0.15) is 4.98 Å². The molecule has 100 valence electrons. The first kappa shape index (κ1) is 13.0. The molecule has 2 rings (SSSR count). The summed E-state index contributed by atoms with van der Waals surface area (Å²) < 4.78 is 5.12. The van der Waals surface area contributed by atoms with Crippen molar-refractivity contribution >= 4 is 5.91 Å². The fraction of sp³-hybridized carbons (Fsp3) is 0.750. The molecule has 6 nitrogen and oxygen atoms in total. The summed E-state index contributed by atoms with van der Waals surface area (Å²) in [7, 11) is 0. The van der Waals surface area contributed by atoms with Crippen LogP contribution in [0.25, 0.3) is 0 Å². The van der Waals surface area contributed by atoms with E-state index in [2.05, 4.69) is 15.5 Å². The summed E-state index contributed by atoms with van der Waals surface area (Å²) in [6, 6.07) is 0. The van der Waals surface area contributed by atoms with E-state index in [0.717, 1.165) is 26.2 Å². The predicted molar refractivity (Wildman–Crippen MR) is 66.2 cm³/mol. The molecule has 1 N–H and O–H groups in total. The highest BCUT2D eigenvalue weighted by Gasteiger charge is 2.17. The van der Waals surface area contributed by atoms with Gasteiger partial charge >= 0.3 is 0 Å². The maximum atomic E-state index is 11.9. The van der Waals surface area contributed by atoms with Gasteiger partial charge in [0, 0.05) is 44.9 Å². The van der Waals surface area contributed by atoms with E-state index < -0.39 is 0 Å². The van der Waals surface area contributed by atoms with Crippen LogP contribution in [0.4, 0.5) is 0 Å². The van der Waals surface area contributed by atoms with Crippen molar-refractivity contribution in [3.63, 3.8) is 0 Å². The Morgan fingerprint density at radius 1 is 1.44 bits per heavy atom. The number of carbonyl (C=O) groups excluding carboxylic acids is 1. The number of aryl methyl sites for hydroxylation is 1. The van der Waals surface area contributed by atoms with Crippen LogP contribution in [0.15, 0.2) is 4.52 Å². The van der Waals surface area contributed by atoms with Gasteiger partial charge in [0.1, 0.15) is 0 Å². The summed E-state index contributed by atoms with van der Waals surface area (Å²) >= 11 is 0. The molecule has 1 aromatic heterocycles. The van der Waals surface area contributed by atoms with E-state index in [4.69, 9.17) is 4.52 Å². The third-order valence-electron chi connectivity index (χ3n) is 3.02. The standard InChI is InChI=1S/C12H20N4O2/c1-9(2)12-14-10(18-15-12)3-4-11(17)16-7-5-13-6-8-16/h9,13H,3-8H2,1-2H3. The Balaban J connectivity index is 1.81. The van der Waals surface area contributed by atoms with Crippen molar-refractivity contribution in [2.24, 2.45) is 0 Å². The maximum absolute atomic E-state index is 11.9. The SMILES string of the molecule is CC(C)c1noc(CCC(=O)N2CCNCC2)n1. The Kier molecular flexibility index (Phi) is 4.30. The molecule has 1 aliphatic rings. The first-order chi connectivity index (χ1) is 8.66. The monoisotopic (exact) mass is 252 g/mol. The lowest BCUT2D eigenvalue weighted by Crippen LogP contribution is -2.46. The third kappa shape index (κ3) is 3.29. The summed E-state index contributed by atoms with van der Waals surface area (Å²) in [5.41, 5.74) is 0. The molecule has 1 aromatic rings. The molecular weight excluding hydrogens is 232 g/mol.